The molecule has 2 aromatic rings. The van der Waals surface area contributed by atoms with E-state index in [-0.39, 0.29) is 11.3 Å². The summed E-state index contributed by atoms with van der Waals surface area (Å²) in [7, 11) is -4.79. The molecule has 0 amide bonds. The lowest BCUT2D eigenvalue weighted by Gasteiger charge is -2.02. The summed E-state index contributed by atoms with van der Waals surface area (Å²) in [4.78, 5) is 11.5. The van der Waals surface area contributed by atoms with Gasteiger partial charge in [0.15, 0.2) is 5.78 Å². The van der Waals surface area contributed by atoms with E-state index in [9.17, 15) is 17.1 Å². The van der Waals surface area contributed by atoms with Gasteiger partial charge in [0.1, 0.15) is 0 Å². The van der Waals surface area contributed by atoms with Gasteiger partial charge in [-0.15, -0.1) is 3.89 Å². The molecule has 0 bridgehead atoms. The van der Waals surface area contributed by atoms with E-state index < -0.39 is 15.1 Å². The van der Waals surface area contributed by atoms with Crippen LogP contribution in [0.1, 0.15) is 15.9 Å². The van der Waals surface area contributed by atoms with Crippen molar-refractivity contribution in [2.75, 3.05) is 0 Å². The second-order valence-electron chi connectivity index (χ2n) is 3.66. The maximum absolute atomic E-state index is 12.8. The third-order valence-electron chi connectivity index (χ3n) is 2.41. The number of hydrogen-bond acceptors (Lipinski definition) is 3. The molecule has 0 aliphatic carbocycles. The molecule has 5 heteroatoms. The van der Waals surface area contributed by atoms with Crippen molar-refractivity contribution in [3.05, 3.63) is 65.7 Å². The molecule has 0 radical (unpaired) electrons. The van der Waals surface area contributed by atoms with Crippen molar-refractivity contribution < 1.29 is 17.1 Å². The van der Waals surface area contributed by atoms with Gasteiger partial charge >= 0.3 is 10.2 Å². The molecule has 0 aliphatic rings. The highest BCUT2D eigenvalue weighted by molar-refractivity contribution is 7.86. The number of ketones is 1. The second-order valence-corrected chi connectivity index (χ2v) is 5.01. The van der Waals surface area contributed by atoms with Gasteiger partial charge in [0.05, 0.1) is 4.90 Å². The van der Waals surface area contributed by atoms with Gasteiger partial charge in [0.25, 0.3) is 0 Å². The van der Waals surface area contributed by atoms with E-state index >= 15 is 0 Å². The zero-order valence-electron chi connectivity index (χ0n) is 9.21. The molecule has 2 rings (SSSR count). The van der Waals surface area contributed by atoms with Gasteiger partial charge in [-0.2, -0.15) is 8.42 Å². The van der Waals surface area contributed by atoms with Crippen molar-refractivity contribution in [1.82, 2.24) is 0 Å². The normalized spacial score (nSPS) is 11.2. The Hall–Kier alpha value is -2.01. The maximum Gasteiger partial charge on any atom is 0.332 e. The molecule has 0 saturated heterocycles. The molecule has 0 aliphatic heterocycles. The molecule has 0 atom stereocenters. The third kappa shape index (κ3) is 2.62. The van der Waals surface area contributed by atoms with Gasteiger partial charge < -0.3 is 0 Å². The number of rotatable bonds is 3. The smallest absolute Gasteiger partial charge is 0.289 e. The van der Waals surface area contributed by atoms with E-state index in [1.165, 1.54) is 12.1 Å². The Balaban J connectivity index is 2.44. The van der Waals surface area contributed by atoms with Crippen LogP contribution < -0.4 is 0 Å². The van der Waals surface area contributed by atoms with E-state index in [2.05, 4.69) is 0 Å². The minimum Gasteiger partial charge on any atom is -0.289 e. The van der Waals surface area contributed by atoms with Crippen LogP contribution >= 0.6 is 0 Å². The Labute approximate surface area is 104 Å². The monoisotopic (exact) mass is 264 g/mol. The molecule has 0 heterocycles. The topological polar surface area (TPSA) is 51.2 Å². The van der Waals surface area contributed by atoms with E-state index in [4.69, 9.17) is 0 Å². The Bertz CT molecular complexity index is 678. The summed E-state index contributed by atoms with van der Waals surface area (Å²) in [5.74, 6) is -0.346. The lowest BCUT2D eigenvalue weighted by Crippen LogP contribution is -2.02. The number of carbonyl (C=O) groups excluding carboxylic acids is 1. The van der Waals surface area contributed by atoms with Crippen LogP contribution in [-0.2, 0) is 10.2 Å². The molecule has 0 aromatic heterocycles. The molecule has 0 saturated carbocycles. The molecule has 0 fully saturated rings. The van der Waals surface area contributed by atoms with Crippen LogP contribution in [-0.4, -0.2) is 14.2 Å². The van der Waals surface area contributed by atoms with Gasteiger partial charge in [-0.3, -0.25) is 4.79 Å². The molecule has 0 spiro atoms. The van der Waals surface area contributed by atoms with Crippen LogP contribution in [0, 0.1) is 0 Å². The average Bonchev–Trinajstić information content (AvgIpc) is 2.38. The van der Waals surface area contributed by atoms with E-state index in [0.717, 1.165) is 12.1 Å². The fourth-order valence-electron chi connectivity index (χ4n) is 1.55. The zero-order valence-corrected chi connectivity index (χ0v) is 10.0. The van der Waals surface area contributed by atoms with Crippen LogP contribution in [0.15, 0.2) is 59.5 Å². The Morgan fingerprint density at radius 2 is 1.50 bits per heavy atom. The minimum absolute atomic E-state index is 0.139. The summed E-state index contributed by atoms with van der Waals surface area (Å²) < 4.78 is 34.4. The number of halogens is 1. The zero-order chi connectivity index (χ0) is 13.2. The van der Waals surface area contributed by atoms with Gasteiger partial charge in [-0.05, 0) is 12.1 Å². The molecular formula is C13H9FO3S. The molecule has 2 aromatic carbocycles. The van der Waals surface area contributed by atoms with Crippen LogP contribution in [0.3, 0.4) is 0 Å². The van der Waals surface area contributed by atoms with Gasteiger partial charge in [-0.25, -0.2) is 0 Å². The molecular weight excluding hydrogens is 255 g/mol. The van der Waals surface area contributed by atoms with Gasteiger partial charge in [0, 0.05) is 11.1 Å². The molecule has 3 nitrogen and oxygen atoms in total. The van der Waals surface area contributed by atoms with Gasteiger partial charge in [0.2, 0.25) is 0 Å². The van der Waals surface area contributed by atoms with Crippen LogP contribution in [0.4, 0.5) is 3.89 Å². The van der Waals surface area contributed by atoms with Crippen molar-refractivity contribution in [3.63, 3.8) is 0 Å². The first kappa shape index (κ1) is 12.4. The van der Waals surface area contributed by atoms with E-state index in [1.807, 2.05) is 0 Å². The number of benzene rings is 2. The van der Waals surface area contributed by atoms with Crippen molar-refractivity contribution in [2.24, 2.45) is 0 Å². The highest BCUT2D eigenvalue weighted by atomic mass is 32.3. The van der Waals surface area contributed by atoms with Crippen molar-refractivity contribution in [1.29, 1.82) is 0 Å². The van der Waals surface area contributed by atoms with E-state index in [1.54, 1.807) is 30.3 Å². The van der Waals surface area contributed by atoms with Crippen LogP contribution in [0.2, 0.25) is 0 Å². The standard InChI is InChI=1S/C13H9FO3S/c14-18(16,17)12-8-4-7-11(9-12)13(15)10-5-2-1-3-6-10/h1-9H. The average molecular weight is 264 g/mol. The third-order valence-corrected chi connectivity index (χ3v) is 3.23. The first-order valence-electron chi connectivity index (χ1n) is 5.13. The predicted octanol–water partition coefficient (Wildman–Crippen LogP) is 2.58. The highest BCUT2D eigenvalue weighted by Gasteiger charge is 2.15. The second kappa shape index (κ2) is 4.70. The van der Waals surface area contributed by atoms with Crippen molar-refractivity contribution >= 4 is 16.0 Å². The summed E-state index contributed by atoms with van der Waals surface area (Å²) in [6.45, 7) is 0. The van der Waals surface area contributed by atoms with Crippen LogP contribution in [0.5, 0.6) is 0 Å². The fourth-order valence-corrected chi connectivity index (χ4v) is 2.05. The quantitative estimate of drug-likeness (QED) is 0.632. The summed E-state index contributed by atoms with van der Waals surface area (Å²) >= 11 is 0. The van der Waals surface area contributed by atoms with Crippen molar-refractivity contribution in [2.45, 2.75) is 4.90 Å². The minimum atomic E-state index is -4.79. The number of hydrogen-bond donors (Lipinski definition) is 0. The summed E-state index contributed by atoms with van der Waals surface area (Å²) in [6.07, 6.45) is 0. The Morgan fingerprint density at radius 3 is 2.11 bits per heavy atom. The highest BCUT2D eigenvalue weighted by Crippen LogP contribution is 2.16. The van der Waals surface area contributed by atoms with Gasteiger partial charge in [-0.1, -0.05) is 42.5 Å². The lowest BCUT2D eigenvalue weighted by atomic mass is 10.0. The first-order chi connectivity index (χ1) is 8.48. The largest absolute Gasteiger partial charge is 0.332 e. The molecule has 92 valence electrons. The maximum atomic E-state index is 12.8. The molecule has 18 heavy (non-hydrogen) atoms. The Kier molecular flexibility index (Phi) is 3.25. The number of carbonyl (C=O) groups is 1. The summed E-state index contributed by atoms with van der Waals surface area (Å²) in [6, 6.07) is 13.3. The van der Waals surface area contributed by atoms with Crippen molar-refractivity contribution in [3.8, 4) is 0 Å². The predicted molar refractivity (Wildman–Crippen MR) is 64.6 cm³/mol. The van der Waals surface area contributed by atoms with Crippen LogP contribution in [0.25, 0.3) is 0 Å². The fraction of sp³-hybridized carbons (Fsp3) is 0. The first-order valence-corrected chi connectivity index (χ1v) is 6.51. The summed E-state index contributed by atoms with van der Waals surface area (Å²) in [5, 5.41) is 0. The molecule has 0 unspecified atom stereocenters. The van der Waals surface area contributed by atoms with E-state index in [0.29, 0.717) is 5.56 Å². The SMILES string of the molecule is O=C(c1ccccc1)c1cccc(S(=O)(=O)F)c1. The Morgan fingerprint density at radius 1 is 0.889 bits per heavy atom. The molecule has 0 N–H and O–H groups in total. The summed E-state index contributed by atoms with van der Waals surface area (Å²) in [5.41, 5.74) is 0.561. The lowest BCUT2D eigenvalue weighted by molar-refractivity contribution is 0.103.